The van der Waals surface area contributed by atoms with Gasteiger partial charge in [0.25, 0.3) is 0 Å². The third kappa shape index (κ3) is 309000. The molecule has 0 fully saturated rings. The molecule has 0 saturated heterocycles. The van der Waals surface area contributed by atoms with Crippen molar-refractivity contribution in [3.05, 3.63) is 0 Å². The van der Waals surface area contributed by atoms with E-state index in [4.69, 9.17) is 3.80 Å². The van der Waals surface area contributed by atoms with Crippen LogP contribution in [0, 0.1) is 0 Å². The Bertz CT molecular complexity index is 8.04. The molecule has 0 spiro atoms. The fourth-order valence-electron chi connectivity index (χ4n) is 0. The third-order valence-corrected chi connectivity index (χ3v) is 0. The van der Waals surface area contributed by atoms with Crippen LogP contribution in [0.15, 0.2) is 0 Å². The fraction of sp³-hybridized carbons (Fsp3) is 0. The van der Waals surface area contributed by atoms with Gasteiger partial charge in [0.05, 0.1) is 0 Å². The summed E-state index contributed by atoms with van der Waals surface area (Å²) in [7, 11) is 0. The second kappa shape index (κ2) is 483000. The molecule has 7 heteroatoms. The maximum absolute atomic E-state index is 8.12. The van der Waals surface area contributed by atoms with Crippen LogP contribution >= 0.6 is 0 Å². The molecule has 0 radical (unpaired) electrons. The van der Waals surface area contributed by atoms with Crippen molar-refractivity contribution in [2.75, 3.05) is 0 Å². The topological polar surface area (TPSA) is 17.1 Å². The fourth-order valence-corrected chi connectivity index (χ4v) is 0. The van der Waals surface area contributed by atoms with Crippen molar-refractivity contribution < 1.29 is 43.5 Å². The van der Waals surface area contributed by atoms with E-state index >= 15 is 0 Å². The van der Waals surface area contributed by atoms with Gasteiger partial charge in [-0.2, -0.15) is 0 Å². The molecule has 52 valence electrons. The van der Waals surface area contributed by atoms with Crippen LogP contribution in [-0.2, 0) is 20.0 Å². The summed E-state index contributed by atoms with van der Waals surface area (Å²) >= 11 is 1.38. The van der Waals surface area contributed by atoms with Gasteiger partial charge in [0.2, 0.25) is 0 Å². The summed E-state index contributed by atoms with van der Waals surface area (Å²) in [6, 6.07) is 0. The summed E-state index contributed by atoms with van der Waals surface area (Å²) in [4.78, 5) is 0. The average Bonchev–Trinajstić information content (AvgIpc) is 1.00. The number of halogens is 5. The monoisotopic (exact) mass is 168 g/mol. The van der Waals surface area contributed by atoms with E-state index < -0.39 is 0 Å². The summed E-state index contributed by atoms with van der Waals surface area (Å²) in [5.41, 5.74) is 0. The van der Waals surface area contributed by atoms with Crippen LogP contribution in [0.5, 0.6) is 0 Å². The first-order chi connectivity index (χ1) is 1.00. The van der Waals surface area contributed by atoms with E-state index in [0.717, 1.165) is 0 Å². The molecule has 0 aromatic heterocycles. The van der Waals surface area contributed by atoms with Crippen LogP contribution in [0.2, 0.25) is 0 Å². The molecule has 1 nitrogen and oxygen atoms in total. The van der Waals surface area contributed by atoms with Gasteiger partial charge in [0.15, 0.2) is 0 Å². The summed E-state index contributed by atoms with van der Waals surface area (Å²) in [5, 5.41) is 0. The van der Waals surface area contributed by atoms with Crippen LogP contribution in [-0.4, -0.2) is 0 Å². The summed E-state index contributed by atoms with van der Waals surface area (Å²) in [6.45, 7) is 0. The Kier molecular flexibility index (Phi) is 17900000. The first kappa shape index (κ1) is 259. The quantitative estimate of drug-likeness (QED) is 0.485. The predicted molar refractivity (Wildman–Crippen MR) is 13.2 cm³/mol. The molecule has 7 heavy (non-hydrogen) atoms. The van der Waals surface area contributed by atoms with Gasteiger partial charge in [-0.1, -0.05) is 0 Å². The molecule has 0 aromatic rings. The molecule has 0 aromatic carbocycles. The van der Waals surface area contributed by atoms with Gasteiger partial charge in [-0.25, -0.2) is 0 Å². The van der Waals surface area contributed by atoms with Gasteiger partial charge in [0, 0.05) is 0 Å². The molecule has 0 unspecified atom stereocenters. The van der Waals surface area contributed by atoms with Crippen molar-refractivity contribution in [1.29, 1.82) is 0 Å². The molecular weight excluding hydrogens is 163 g/mol. The van der Waals surface area contributed by atoms with Crippen LogP contribution < -0.4 is 0 Å². The minimum atomic E-state index is 0. The molecule has 0 amide bonds. The van der Waals surface area contributed by atoms with E-state index in [2.05, 4.69) is 0 Å². The molecule has 0 aliphatic heterocycles. The molecule has 0 aliphatic rings. The molecule has 0 saturated carbocycles. The first-order valence-electron chi connectivity index (χ1n) is 0.167. The minimum absolute atomic E-state index is 0. The molecule has 0 bridgehead atoms. The summed E-state index contributed by atoms with van der Waals surface area (Å²) in [5.74, 6) is 0. The zero-order valence-corrected chi connectivity index (χ0v) is 4.13. The van der Waals surface area contributed by atoms with Crippen LogP contribution in [0.25, 0.3) is 0 Å². The Labute approximate surface area is 44.6 Å². The number of rotatable bonds is 0. The van der Waals surface area contributed by atoms with Gasteiger partial charge in [-0.05, 0) is 0 Å². The molecule has 0 N–H and O–H groups in total. The van der Waals surface area contributed by atoms with E-state index in [1.165, 1.54) is 16.2 Å². The first-order valence-corrected chi connectivity index (χ1v) is 0.687. The van der Waals surface area contributed by atoms with Crippen molar-refractivity contribution >= 4 is 0 Å². The Morgan fingerprint density at radius 3 is 0.571 bits per heavy atom. The second-order valence-electron chi connectivity index (χ2n) is 0. The summed E-state index contributed by atoms with van der Waals surface area (Å²) < 4.78 is 8.12. The van der Waals surface area contributed by atoms with Crippen molar-refractivity contribution in [3.8, 4) is 0 Å². The average molecular weight is 168 g/mol. The van der Waals surface area contributed by atoms with Gasteiger partial charge < -0.3 is 0 Å². The zero-order valence-electron chi connectivity index (χ0n) is 2.86. The van der Waals surface area contributed by atoms with Crippen molar-refractivity contribution in [1.82, 2.24) is 0 Å². The van der Waals surface area contributed by atoms with Gasteiger partial charge in [-0.3, -0.25) is 23.5 Å². The van der Waals surface area contributed by atoms with E-state index in [1.54, 1.807) is 0 Å². The van der Waals surface area contributed by atoms with Crippen molar-refractivity contribution in [3.63, 3.8) is 0 Å². The Hall–Kier alpha value is -0.0175. The van der Waals surface area contributed by atoms with Crippen LogP contribution in [0.3, 0.4) is 0 Å². The molecule has 0 heterocycles. The Morgan fingerprint density at radius 1 is 0.571 bits per heavy atom. The standard InChI is InChI=1S/Cr.5FH.O/h;5*1H;. The van der Waals surface area contributed by atoms with E-state index in [0.29, 0.717) is 0 Å². The maximum atomic E-state index is 8.12. The Balaban J connectivity index is -0.000000000500. The number of hydrogen-bond acceptors (Lipinski definition) is 1. The van der Waals surface area contributed by atoms with Crippen LogP contribution in [0.4, 0.5) is 23.5 Å². The normalized spacial score (nSPS) is 0.571. The van der Waals surface area contributed by atoms with Gasteiger partial charge in [-0.15, -0.1) is 0 Å². The summed E-state index contributed by atoms with van der Waals surface area (Å²) in [6.07, 6.45) is 0. The predicted octanol–water partition coefficient (Wildman–Crippen LogP) is 0.641. The van der Waals surface area contributed by atoms with E-state index in [9.17, 15) is 0 Å². The van der Waals surface area contributed by atoms with Crippen LogP contribution in [0.1, 0.15) is 0 Å². The van der Waals surface area contributed by atoms with Crippen molar-refractivity contribution in [2.45, 2.75) is 0 Å². The molecule has 0 atom stereocenters. The molecule has 0 rings (SSSR count). The Morgan fingerprint density at radius 2 is 0.571 bits per heavy atom. The van der Waals surface area contributed by atoms with E-state index in [1.807, 2.05) is 0 Å². The van der Waals surface area contributed by atoms with Gasteiger partial charge >= 0.3 is 20.0 Å². The number of hydrogen-bond donors (Lipinski definition) is 0. The molecule has 0 aliphatic carbocycles. The van der Waals surface area contributed by atoms with Gasteiger partial charge in [0.1, 0.15) is 0 Å². The van der Waals surface area contributed by atoms with Crippen molar-refractivity contribution in [2.24, 2.45) is 0 Å². The SMILES string of the molecule is F.F.F.F.F.[O]=[Cr]. The second-order valence-corrected chi connectivity index (χ2v) is 0. The molecular formula is H5CrF5O. The zero-order chi connectivity index (χ0) is 2.00. The third-order valence-electron chi connectivity index (χ3n) is 0. The van der Waals surface area contributed by atoms with E-state index in [-0.39, 0.29) is 23.5 Å².